The van der Waals surface area contributed by atoms with E-state index >= 15 is 0 Å². The molecule has 1 amide bonds. The minimum absolute atomic E-state index is 0.197. The number of nitrogens with zero attached hydrogens (tertiary/aromatic N) is 2. The number of aromatic nitrogens is 1. The third-order valence-electron chi connectivity index (χ3n) is 3.07. The molecule has 0 fully saturated rings. The van der Waals surface area contributed by atoms with Crippen LogP contribution in [0.3, 0.4) is 0 Å². The van der Waals surface area contributed by atoms with E-state index in [0.717, 1.165) is 16.7 Å². The van der Waals surface area contributed by atoms with Gasteiger partial charge in [0, 0.05) is 31.2 Å². The van der Waals surface area contributed by atoms with Crippen molar-refractivity contribution in [3.63, 3.8) is 0 Å². The van der Waals surface area contributed by atoms with Crippen molar-refractivity contribution < 1.29 is 4.79 Å². The highest BCUT2D eigenvalue weighted by molar-refractivity contribution is 5.75. The Kier molecular flexibility index (Phi) is 4.90. The van der Waals surface area contributed by atoms with Gasteiger partial charge in [0.1, 0.15) is 0 Å². The molecule has 0 aliphatic rings. The summed E-state index contributed by atoms with van der Waals surface area (Å²) in [5.74, 6) is -0.348. The van der Waals surface area contributed by atoms with Gasteiger partial charge < -0.3 is 11.5 Å². The number of nitrogens with two attached hydrogens (primary N) is 2. The van der Waals surface area contributed by atoms with Crippen molar-refractivity contribution in [1.82, 2.24) is 9.88 Å². The number of hydrogen-bond acceptors (Lipinski definition) is 4. The molecular formula is C16H20N4O. The number of carbonyl (C=O) groups excluding carboxylic acids is 1. The SMILES string of the molecule is Cc1cncc(CN(CC(N)=O)Cc2cccc(N)c2)c1. The number of carbonyl (C=O) groups is 1. The van der Waals surface area contributed by atoms with Gasteiger partial charge in [0.15, 0.2) is 0 Å². The van der Waals surface area contributed by atoms with Crippen LogP contribution in [0.25, 0.3) is 0 Å². The van der Waals surface area contributed by atoms with Crippen LogP contribution >= 0.6 is 0 Å². The van der Waals surface area contributed by atoms with E-state index in [2.05, 4.69) is 11.1 Å². The fourth-order valence-corrected chi connectivity index (χ4v) is 2.30. The number of nitrogen functional groups attached to an aromatic ring is 1. The molecule has 0 aliphatic heterocycles. The summed E-state index contributed by atoms with van der Waals surface area (Å²) in [7, 11) is 0. The highest BCUT2D eigenvalue weighted by Gasteiger charge is 2.10. The Balaban J connectivity index is 2.12. The molecular weight excluding hydrogens is 264 g/mol. The number of aryl methyl sites for hydroxylation is 1. The van der Waals surface area contributed by atoms with Crippen LogP contribution in [-0.4, -0.2) is 22.3 Å². The van der Waals surface area contributed by atoms with Crippen LogP contribution in [0.15, 0.2) is 42.7 Å². The molecule has 5 heteroatoms. The molecule has 0 radical (unpaired) electrons. The molecule has 1 aromatic carbocycles. The van der Waals surface area contributed by atoms with Crippen LogP contribution in [-0.2, 0) is 17.9 Å². The lowest BCUT2D eigenvalue weighted by Crippen LogP contribution is -2.33. The minimum atomic E-state index is -0.348. The largest absolute Gasteiger partial charge is 0.399 e. The second-order valence-corrected chi connectivity index (χ2v) is 5.23. The van der Waals surface area contributed by atoms with Gasteiger partial charge >= 0.3 is 0 Å². The van der Waals surface area contributed by atoms with Crippen molar-refractivity contribution in [2.45, 2.75) is 20.0 Å². The Hall–Kier alpha value is -2.40. The summed E-state index contributed by atoms with van der Waals surface area (Å²) in [6, 6.07) is 9.69. The summed E-state index contributed by atoms with van der Waals surface area (Å²) in [6.07, 6.45) is 3.61. The molecule has 0 spiro atoms. The number of amides is 1. The summed E-state index contributed by atoms with van der Waals surface area (Å²) in [6.45, 7) is 3.42. The summed E-state index contributed by atoms with van der Waals surface area (Å²) >= 11 is 0. The maximum absolute atomic E-state index is 11.3. The fraction of sp³-hybridized carbons (Fsp3) is 0.250. The molecule has 110 valence electrons. The summed E-state index contributed by atoms with van der Waals surface area (Å²) in [5.41, 5.74) is 15.0. The van der Waals surface area contributed by atoms with Crippen LogP contribution in [0.2, 0.25) is 0 Å². The van der Waals surface area contributed by atoms with Crippen molar-refractivity contribution >= 4 is 11.6 Å². The average molecular weight is 284 g/mol. The molecule has 5 nitrogen and oxygen atoms in total. The van der Waals surface area contributed by atoms with Crippen LogP contribution in [0, 0.1) is 6.92 Å². The van der Waals surface area contributed by atoms with Gasteiger partial charge in [-0.3, -0.25) is 14.7 Å². The van der Waals surface area contributed by atoms with Crippen molar-refractivity contribution in [1.29, 1.82) is 0 Å². The Morgan fingerprint density at radius 2 is 1.95 bits per heavy atom. The molecule has 4 N–H and O–H groups in total. The molecule has 2 aromatic rings. The smallest absolute Gasteiger partial charge is 0.231 e. The number of hydrogen-bond donors (Lipinski definition) is 2. The molecule has 21 heavy (non-hydrogen) atoms. The average Bonchev–Trinajstić information content (AvgIpc) is 2.37. The highest BCUT2D eigenvalue weighted by atomic mass is 16.1. The molecule has 0 unspecified atom stereocenters. The molecule has 1 heterocycles. The van der Waals surface area contributed by atoms with Crippen LogP contribution < -0.4 is 11.5 Å². The zero-order valence-corrected chi connectivity index (χ0v) is 12.1. The molecule has 1 aromatic heterocycles. The summed E-state index contributed by atoms with van der Waals surface area (Å²) in [4.78, 5) is 17.4. The Morgan fingerprint density at radius 3 is 2.62 bits per heavy atom. The molecule has 0 aliphatic carbocycles. The first-order chi connectivity index (χ1) is 10.0. The van der Waals surface area contributed by atoms with Crippen molar-refractivity contribution in [2.24, 2.45) is 5.73 Å². The maximum atomic E-state index is 11.3. The van der Waals surface area contributed by atoms with E-state index in [4.69, 9.17) is 11.5 Å². The summed E-state index contributed by atoms with van der Waals surface area (Å²) in [5, 5.41) is 0. The van der Waals surface area contributed by atoms with E-state index in [-0.39, 0.29) is 12.5 Å². The van der Waals surface area contributed by atoms with Gasteiger partial charge in [-0.15, -0.1) is 0 Å². The zero-order chi connectivity index (χ0) is 15.2. The van der Waals surface area contributed by atoms with Gasteiger partial charge in [0.05, 0.1) is 6.54 Å². The van der Waals surface area contributed by atoms with Gasteiger partial charge in [-0.2, -0.15) is 0 Å². The third-order valence-corrected chi connectivity index (χ3v) is 3.07. The van der Waals surface area contributed by atoms with Crippen LogP contribution in [0.5, 0.6) is 0 Å². The first kappa shape index (κ1) is 15.0. The number of primary amides is 1. The number of benzene rings is 1. The molecule has 0 atom stereocenters. The topological polar surface area (TPSA) is 85.2 Å². The number of anilines is 1. The van der Waals surface area contributed by atoms with E-state index < -0.39 is 0 Å². The predicted molar refractivity (Wildman–Crippen MR) is 83.1 cm³/mol. The van der Waals surface area contributed by atoms with E-state index in [0.29, 0.717) is 18.8 Å². The monoisotopic (exact) mass is 284 g/mol. The quantitative estimate of drug-likeness (QED) is 0.786. The molecule has 2 rings (SSSR count). The second-order valence-electron chi connectivity index (χ2n) is 5.23. The Labute approximate surface area is 124 Å². The van der Waals surface area contributed by atoms with Crippen molar-refractivity contribution in [3.05, 3.63) is 59.4 Å². The van der Waals surface area contributed by atoms with E-state index in [1.165, 1.54) is 0 Å². The first-order valence-corrected chi connectivity index (χ1v) is 6.78. The van der Waals surface area contributed by atoms with Gasteiger partial charge in [-0.05, 0) is 35.7 Å². The Morgan fingerprint density at radius 1 is 1.19 bits per heavy atom. The van der Waals surface area contributed by atoms with E-state index in [1.807, 2.05) is 36.1 Å². The van der Waals surface area contributed by atoms with Crippen LogP contribution in [0.1, 0.15) is 16.7 Å². The predicted octanol–water partition coefficient (Wildman–Crippen LogP) is 1.46. The fourth-order valence-electron chi connectivity index (χ4n) is 2.30. The highest BCUT2D eigenvalue weighted by Crippen LogP contribution is 2.12. The third kappa shape index (κ3) is 4.89. The lowest BCUT2D eigenvalue weighted by Gasteiger charge is -2.21. The number of rotatable bonds is 6. The van der Waals surface area contributed by atoms with Gasteiger partial charge in [0.2, 0.25) is 5.91 Å². The lowest BCUT2D eigenvalue weighted by atomic mass is 10.1. The Bertz CT molecular complexity index is 580. The zero-order valence-electron chi connectivity index (χ0n) is 12.1. The molecule has 0 bridgehead atoms. The standard InChI is InChI=1S/C16H20N4O/c1-12-5-14(8-19-7-12)10-20(11-16(18)21)9-13-3-2-4-15(17)6-13/h2-8H,9-11,17H2,1H3,(H2,18,21). The van der Waals surface area contributed by atoms with Crippen molar-refractivity contribution in [3.8, 4) is 0 Å². The molecule has 0 saturated carbocycles. The van der Waals surface area contributed by atoms with Crippen LogP contribution in [0.4, 0.5) is 5.69 Å². The van der Waals surface area contributed by atoms with Gasteiger partial charge in [0.25, 0.3) is 0 Å². The first-order valence-electron chi connectivity index (χ1n) is 6.78. The lowest BCUT2D eigenvalue weighted by molar-refractivity contribution is -0.119. The summed E-state index contributed by atoms with van der Waals surface area (Å²) < 4.78 is 0. The van der Waals surface area contributed by atoms with E-state index in [9.17, 15) is 4.79 Å². The van der Waals surface area contributed by atoms with Gasteiger partial charge in [-0.1, -0.05) is 18.2 Å². The van der Waals surface area contributed by atoms with Gasteiger partial charge in [-0.25, -0.2) is 0 Å². The maximum Gasteiger partial charge on any atom is 0.231 e. The normalized spacial score (nSPS) is 10.8. The van der Waals surface area contributed by atoms with Crippen molar-refractivity contribution in [2.75, 3.05) is 12.3 Å². The number of pyridine rings is 1. The van der Waals surface area contributed by atoms with E-state index in [1.54, 1.807) is 12.4 Å². The minimum Gasteiger partial charge on any atom is -0.399 e. The second kappa shape index (κ2) is 6.85. The molecule has 0 saturated heterocycles.